The molecule has 2 amide bonds. The molecule has 0 spiro atoms. The predicted octanol–water partition coefficient (Wildman–Crippen LogP) is 1.99. The Balaban J connectivity index is 1.83. The molecule has 2 aromatic rings. The van der Waals surface area contributed by atoms with Crippen LogP contribution >= 0.6 is 0 Å². The Bertz CT molecular complexity index is 766. The van der Waals surface area contributed by atoms with Crippen molar-refractivity contribution in [3.05, 3.63) is 52.8 Å². The Hall–Kier alpha value is -2.63. The molecule has 1 aromatic carbocycles. The molecule has 1 N–H and O–H groups in total. The van der Waals surface area contributed by atoms with Crippen LogP contribution in [0.4, 0.5) is 0 Å². The van der Waals surface area contributed by atoms with Gasteiger partial charge in [0.15, 0.2) is 5.69 Å². The Morgan fingerprint density at radius 2 is 2.12 bits per heavy atom. The summed E-state index contributed by atoms with van der Waals surface area (Å²) in [5, 5.41) is 7.01. The average molecular weight is 326 g/mol. The Labute approximate surface area is 141 Å². The van der Waals surface area contributed by atoms with Gasteiger partial charge in [-0.15, -0.1) is 0 Å². The molecule has 1 aliphatic heterocycles. The first-order chi connectivity index (χ1) is 11.6. The van der Waals surface area contributed by atoms with Gasteiger partial charge in [-0.25, -0.2) is 0 Å². The normalized spacial score (nSPS) is 14.2. The van der Waals surface area contributed by atoms with Gasteiger partial charge in [-0.2, -0.15) is 5.10 Å². The third-order valence-corrected chi connectivity index (χ3v) is 4.11. The summed E-state index contributed by atoms with van der Waals surface area (Å²) in [7, 11) is 0. The molecule has 1 aromatic heterocycles. The van der Waals surface area contributed by atoms with E-state index < -0.39 is 0 Å². The van der Waals surface area contributed by atoms with Crippen molar-refractivity contribution in [2.45, 2.75) is 33.4 Å². The Kier molecular flexibility index (Phi) is 4.64. The first-order valence-electron chi connectivity index (χ1n) is 8.29. The number of hydrogen-bond acceptors (Lipinski definition) is 3. The molecule has 2 heterocycles. The number of nitrogens with one attached hydrogen (secondary N) is 1. The summed E-state index contributed by atoms with van der Waals surface area (Å²) in [5.74, 6) is -0.312. The molecule has 0 unspecified atom stereocenters. The van der Waals surface area contributed by atoms with Gasteiger partial charge in [0.25, 0.3) is 11.8 Å². The Morgan fingerprint density at radius 3 is 2.88 bits per heavy atom. The van der Waals surface area contributed by atoms with E-state index in [1.165, 1.54) is 5.56 Å². The van der Waals surface area contributed by atoms with Crippen LogP contribution in [-0.2, 0) is 13.1 Å². The zero-order valence-corrected chi connectivity index (χ0v) is 14.1. The topological polar surface area (TPSA) is 67.2 Å². The molecule has 0 radical (unpaired) electrons. The molecule has 24 heavy (non-hydrogen) atoms. The van der Waals surface area contributed by atoms with Crippen molar-refractivity contribution in [1.29, 1.82) is 0 Å². The largest absolute Gasteiger partial charge is 0.351 e. The summed E-state index contributed by atoms with van der Waals surface area (Å²) in [6.07, 6.45) is 0.821. The van der Waals surface area contributed by atoms with E-state index in [-0.39, 0.29) is 11.8 Å². The third kappa shape index (κ3) is 3.32. The van der Waals surface area contributed by atoms with Crippen molar-refractivity contribution in [1.82, 2.24) is 20.0 Å². The quantitative estimate of drug-likeness (QED) is 0.934. The van der Waals surface area contributed by atoms with E-state index in [1.807, 2.05) is 36.9 Å². The minimum Gasteiger partial charge on any atom is -0.351 e. The fraction of sp³-hybridized carbons (Fsp3) is 0.389. The molecule has 1 aliphatic rings. The van der Waals surface area contributed by atoms with Crippen molar-refractivity contribution in [3.63, 3.8) is 0 Å². The second-order valence-electron chi connectivity index (χ2n) is 6.07. The zero-order chi connectivity index (χ0) is 17.1. The van der Waals surface area contributed by atoms with Crippen LogP contribution in [0.1, 0.15) is 45.4 Å². The first kappa shape index (κ1) is 16.2. The van der Waals surface area contributed by atoms with E-state index in [2.05, 4.69) is 16.5 Å². The summed E-state index contributed by atoms with van der Waals surface area (Å²) in [5.41, 5.74) is 3.08. The lowest BCUT2D eigenvalue weighted by atomic mass is 10.1. The van der Waals surface area contributed by atoms with E-state index in [0.29, 0.717) is 37.6 Å². The summed E-state index contributed by atoms with van der Waals surface area (Å²) < 4.78 is 1.66. The molecule has 0 atom stereocenters. The predicted molar refractivity (Wildman–Crippen MR) is 90.8 cm³/mol. The van der Waals surface area contributed by atoms with E-state index in [1.54, 1.807) is 10.7 Å². The number of nitrogens with zero attached hydrogens (tertiary/aromatic N) is 3. The van der Waals surface area contributed by atoms with Gasteiger partial charge in [-0.05, 0) is 25.8 Å². The highest BCUT2D eigenvalue weighted by molar-refractivity contribution is 5.98. The lowest BCUT2D eigenvalue weighted by Crippen LogP contribution is -2.30. The molecule has 6 nitrogen and oxygen atoms in total. The number of benzene rings is 1. The standard InChI is InChI=1S/C18H22N4O2/c1-3-19-17(23)15-11-16-18(24)21(8-5-9-22(16)20-15)12-14-7-4-6-13(2)10-14/h4,6-7,10-11H,3,5,8-9,12H2,1-2H3,(H,19,23). The van der Waals surface area contributed by atoms with Gasteiger partial charge in [-0.1, -0.05) is 29.8 Å². The molecule has 0 bridgehead atoms. The fourth-order valence-corrected chi connectivity index (χ4v) is 2.98. The van der Waals surface area contributed by atoms with Crippen LogP contribution in [0.5, 0.6) is 0 Å². The number of carbonyl (C=O) groups is 2. The molecule has 0 saturated heterocycles. The van der Waals surface area contributed by atoms with Crippen LogP contribution in [0.25, 0.3) is 0 Å². The van der Waals surface area contributed by atoms with E-state index in [0.717, 1.165) is 12.0 Å². The molecule has 3 rings (SSSR count). The van der Waals surface area contributed by atoms with E-state index in [4.69, 9.17) is 0 Å². The lowest BCUT2D eigenvalue weighted by molar-refractivity contribution is 0.0745. The van der Waals surface area contributed by atoms with Crippen molar-refractivity contribution < 1.29 is 9.59 Å². The molecular weight excluding hydrogens is 304 g/mol. The molecule has 0 aliphatic carbocycles. The highest BCUT2D eigenvalue weighted by atomic mass is 16.2. The molecular formula is C18H22N4O2. The maximum absolute atomic E-state index is 12.9. The van der Waals surface area contributed by atoms with Crippen LogP contribution in [0.2, 0.25) is 0 Å². The van der Waals surface area contributed by atoms with Crippen molar-refractivity contribution in [2.75, 3.05) is 13.1 Å². The van der Waals surface area contributed by atoms with E-state index in [9.17, 15) is 9.59 Å². The van der Waals surface area contributed by atoms with Gasteiger partial charge in [0.05, 0.1) is 0 Å². The minimum absolute atomic E-state index is 0.0722. The van der Waals surface area contributed by atoms with Gasteiger partial charge < -0.3 is 10.2 Å². The molecule has 0 saturated carbocycles. The van der Waals surface area contributed by atoms with Gasteiger partial charge in [0.1, 0.15) is 5.69 Å². The highest BCUT2D eigenvalue weighted by Crippen LogP contribution is 2.17. The van der Waals surface area contributed by atoms with Crippen molar-refractivity contribution in [3.8, 4) is 0 Å². The minimum atomic E-state index is -0.240. The second-order valence-corrected chi connectivity index (χ2v) is 6.07. The number of rotatable bonds is 4. The van der Waals surface area contributed by atoms with Crippen molar-refractivity contribution >= 4 is 11.8 Å². The smallest absolute Gasteiger partial charge is 0.272 e. The van der Waals surface area contributed by atoms with Crippen LogP contribution in [-0.4, -0.2) is 39.6 Å². The van der Waals surface area contributed by atoms with Crippen LogP contribution in [0.15, 0.2) is 30.3 Å². The molecule has 6 heteroatoms. The summed E-state index contributed by atoms with van der Waals surface area (Å²) in [6, 6.07) is 9.77. The number of aromatic nitrogens is 2. The summed E-state index contributed by atoms with van der Waals surface area (Å²) in [4.78, 5) is 26.6. The monoisotopic (exact) mass is 326 g/mol. The summed E-state index contributed by atoms with van der Waals surface area (Å²) in [6.45, 7) is 6.34. The maximum Gasteiger partial charge on any atom is 0.272 e. The first-order valence-corrected chi connectivity index (χ1v) is 8.29. The highest BCUT2D eigenvalue weighted by Gasteiger charge is 2.26. The number of amides is 2. The van der Waals surface area contributed by atoms with Gasteiger partial charge in [0.2, 0.25) is 0 Å². The fourth-order valence-electron chi connectivity index (χ4n) is 2.98. The number of carbonyl (C=O) groups excluding carboxylic acids is 2. The number of hydrogen-bond donors (Lipinski definition) is 1. The second kappa shape index (κ2) is 6.86. The van der Waals surface area contributed by atoms with Crippen LogP contribution in [0.3, 0.4) is 0 Å². The number of aryl methyl sites for hydroxylation is 2. The van der Waals surface area contributed by atoms with Gasteiger partial charge in [0, 0.05) is 32.2 Å². The Morgan fingerprint density at radius 1 is 1.29 bits per heavy atom. The van der Waals surface area contributed by atoms with E-state index >= 15 is 0 Å². The van der Waals surface area contributed by atoms with Crippen molar-refractivity contribution in [2.24, 2.45) is 0 Å². The zero-order valence-electron chi connectivity index (χ0n) is 14.1. The maximum atomic E-state index is 12.9. The molecule has 0 fully saturated rings. The van der Waals surface area contributed by atoms with Gasteiger partial charge >= 0.3 is 0 Å². The van der Waals surface area contributed by atoms with Crippen LogP contribution < -0.4 is 5.32 Å². The molecule has 126 valence electrons. The lowest BCUT2D eigenvalue weighted by Gasteiger charge is -2.20. The average Bonchev–Trinajstić information content (AvgIpc) is 2.92. The SMILES string of the molecule is CCNC(=O)c1cc2n(n1)CCCN(Cc1cccc(C)c1)C2=O. The third-order valence-electron chi connectivity index (χ3n) is 4.11. The van der Waals surface area contributed by atoms with Crippen LogP contribution in [0, 0.1) is 6.92 Å². The van der Waals surface area contributed by atoms with Gasteiger partial charge in [-0.3, -0.25) is 14.3 Å². The summed E-state index contributed by atoms with van der Waals surface area (Å²) >= 11 is 0. The number of fused-ring (bicyclic) bond motifs is 1.